The molecule has 2 saturated heterocycles. The number of likely N-dealkylation sites (N-methyl/N-ethyl adjacent to an activating group) is 1. The fourth-order valence-electron chi connectivity index (χ4n) is 3.05. The van der Waals surface area contributed by atoms with E-state index in [0.717, 1.165) is 39.1 Å². The lowest BCUT2D eigenvalue weighted by Crippen LogP contribution is -2.58. The average molecular weight is 255 g/mol. The van der Waals surface area contributed by atoms with Crippen LogP contribution in [-0.4, -0.2) is 67.7 Å². The van der Waals surface area contributed by atoms with Gasteiger partial charge in [0, 0.05) is 32.8 Å². The zero-order valence-corrected chi connectivity index (χ0v) is 11.5. The van der Waals surface area contributed by atoms with Crippen molar-refractivity contribution in [2.24, 2.45) is 11.7 Å². The summed E-state index contributed by atoms with van der Waals surface area (Å²) in [5.74, 6) is 0.301. The number of nitrogens with two attached hydrogens (primary N) is 1. The smallest absolute Gasteiger partial charge is 0.228 e. The summed E-state index contributed by atoms with van der Waals surface area (Å²) in [7, 11) is 2.08. The van der Waals surface area contributed by atoms with Crippen LogP contribution >= 0.6 is 0 Å². The van der Waals surface area contributed by atoms with Crippen molar-refractivity contribution in [3.63, 3.8) is 0 Å². The molecule has 2 heterocycles. The number of carbonyl (C=O) groups is 1. The third kappa shape index (κ3) is 2.68. The lowest BCUT2D eigenvalue weighted by atomic mass is 9.96. The molecule has 2 rings (SSSR count). The molecule has 18 heavy (non-hydrogen) atoms. The summed E-state index contributed by atoms with van der Waals surface area (Å²) >= 11 is 0. The van der Waals surface area contributed by atoms with Gasteiger partial charge in [-0.05, 0) is 19.9 Å². The number of piperazine rings is 1. The predicted octanol–water partition coefficient (Wildman–Crippen LogP) is -0.0972. The van der Waals surface area contributed by atoms with Gasteiger partial charge in [-0.15, -0.1) is 0 Å². The Balaban J connectivity index is 2.03. The number of hydrogen-bond acceptors (Lipinski definition) is 4. The third-order valence-corrected chi connectivity index (χ3v) is 4.17. The summed E-state index contributed by atoms with van der Waals surface area (Å²) in [6, 6.07) is 0.161. The van der Waals surface area contributed by atoms with Crippen molar-refractivity contribution in [1.29, 1.82) is 0 Å². The number of carbonyl (C=O) groups excluding carboxylic acids is 1. The van der Waals surface area contributed by atoms with Gasteiger partial charge in [0.2, 0.25) is 5.91 Å². The Hall–Kier alpha value is -0.650. The second kappa shape index (κ2) is 5.99. The Labute approximate surface area is 109 Å². The Morgan fingerprint density at radius 1 is 1.44 bits per heavy atom. The lowest BCUT2D eigenvalue weighted by Gasteiger charge is -2.41. The topological polar surface area (TPSA) is 58.8 Å². The highest BCUT2D eigenvalue weighted by molar-refractivity contribution is 5.80. The van der Waals surface area contributed by atoms with Gasteiger partial charge >= 0.3 is 0 Å². The van der Waals surface area contributed by atoms with Gasteiger partial charge in [-0.1, -0.05) is 6.92 Å². The van der Waals surface area contributed by atoms with Crippen LogP contribution in [0.25, 0.3) is 0 Å². The quantitative estimate of drug-likeness (QED) is 0.765. The van der Waals surface area contributed by atoms with E-state index >= 15 is 0 Å². The van der Waals surface area contributed by atoms with Gasteiger partial charge in [0.15, 0.2) is 0 Å². The van der Waals surface area contributed by atoms with Crippen LogP contribution in [-0.2, 0) is 9.53 Å². The largest absolute Gasteiger partial charge is 0.377 e. The Kier molecular flexibility index (Phi) is 4.59. The minimum Gasteiger partial charge on any atom is -0.377 e. The zero-order chi connectivity index (χ0) is 13.1. The number of nitrogens with zero attached hydrogens (tertiary/aromatic N) is 2. The Morgan fingerprint density at radius 2 is 2.22 bits per heavy atom. The van der Waals surface area contributed by atoms with Crippen LogP contribution in [0.3, 0.4) is 0 Å². The molecular weight excluding hydrogens is 230 g/mol. The molecule has 0 aromatic carbocycles. The molecule has 5 heteroatoms. The molecular formula is C13H25N3O2. The molecule has 0 bridgehead atoms. The molecule has 0 saturated carbocycles. The van der Waals surface area contributed by atoms with E-state index in [9.17, 15) is 4.79 Å². The standard InChI is InChI=1S/C13H25N3O2/c1-3-12-11(4-7-18-12)13(17)16-6-5-15(2)9-10(16)8-14/h10-12H,3-9,14H2,1-2H3. The molecule has 0 aromatic heterocycles. The molecule has 0 aliphatic carbocycles. The second-order valence-corrected chi connectivity index (χ2v) is 5.40. The third-order valence-electron chi connectivity index (χ3n) is 4.17. The number of amides is 1. The Morgan fingerprint density at radius 3 is 2.89 bits per heavy atom. The van der Waals surface area contributed by atoms with E-state index in [1.807, 2.05) is 4.90 Å². The zero-order valence-electron chi connectivity index (χ0n) is 11.5. The van der Waals surface area contributed by atoms with Gasteiger partial charge in [-0.2, -0.15) is 0 Å². The Bertz CT molecular complexity index is 298. The average Bonchev–Trinajstić information content (AvgIpc) is 2.86. The molecule has 5 nitrogen and oxygen atoms in total. The van der Waals surface area contributed by atoms with Gasteiger partial charge in [0.05, 0.1) is 18.1 Å². The summed E-state index contributed by atoms with van der Waals surface area (Å²) in [6.45, 7) is 5.96. The first kappa shape index (κ1) is 13.8. The van der Waals surface area contributed by atoms with Crippen LogP contribution in [0.4, 0.5) is 0 Å². The molecule has 2 aliphatic heterocycles. The molecule has 3 atom stereocenters. The second-order valence-electron chi connectivity index (χ2n) is 5.40. The van der Waals surface area contributed by atoms with Crippen molar-refractivity contribution in [1.82, 2.24) is 9.80 Å². The van der Waals surface area contributed by atoms with E-state index in [-0.39, 0.29) is 24.0 Å². The van der Waals surface area contributed by atoms with Gasteiger partial charge in [0.25, 0.3) is 0 Å². The van der Waals surface area contributed by atoms with E-state index in [1.54, 1.807) is 0 Å². The predicted molar refractivity (Wildman–Crippen MR) is 70.2 cm³/mol. The lowest BCUT2D eigenvalue weighted by molar-refractivity contribution is -0.141. The van der Waals surface area contributed by atoms with E-state index in [2.05, 4.69) is 18.9 Å². The minimum absolute atomic E-state index is 0.0486. The van der Waals surface area contributed by atoms with Crippen LogP contribution in [0, 0.1) is 5.92 Å². The van der Waals surface area contributed by atoms with Crippen LogP contribution in [0.1, 0.15) is 19.8 Å². The SMILES string of the molecule is CCC1OCCC1C(=O)N1CCN(C)CC1CN. The van der Waals surface area contributed by atoms with Gasteiger partial charge in [-0.3, -0.25) is 4.79 Å². The van der Waals surface area contributed by atoms with E-state index in [0.29, 0.717) is 6.54 Å². The highest BCUT2D eigenvalue weighted by Crippen LogP contribution is 2.26. The molecule has 2 aliphatic rings. The first-order chi connectivity index (χ1) is 8.67. The minimum atomic E-state index is 0.0486. The van der Waals surface area contributed by atoms with E-state index in [1.165, 1.54) is 0 Å². The molecule has 0 radical (unpaired) electrons. The molecule has 2 fully saturated rings. The molecule has 3 unspecified atom stereocenters. The summed E-state index contributed by atoms with van der Waals surface area (Å²) in [4.78, 5) is 16.8. The fourth-order valence-corrected chi connectivity index (χ4v) is 3.05. The highest BCUT2D eigenvalue weighted by atomic mass is 16.5. The molecule has 0 spiro atoms. The number of ether oxygens (including phenoxy) is 1. The molecule has 2 N–H and O–H groups in total. The molecule has 104 valence electrons. The monoisotopic (exact) mass is 255 g/mol. The van der Waals surface area contributed by atoms with Gasteiger partial charge < -0.3 is 20.3 Å². The maximum absolute atomic E-state index is 12.6. The van der Waals surface area contributed by atoms with Crippen molar-refractivity contribution >= 4 is 5.91 Å². The van der Waals surface area contributed by atoms with Crippen molar-refractivity contribution in [2.75, 3.05) is 39.8 Å². The summed E-state index contributed by atoms with van der Waals surface area (Å²) in [5.41, 5.74) is 5.81. The van der Waals surface area contributed by atoms with Gasteiger partial charge in [0.1, 0.15) is 0 Å². The summed E-state index contributed by atoms with van der Waals surface area (Å²) in [5, 5.41) is 0. The summed E-state index contributed by atoms with van der Waals surface area (Å²) in [6.07, 6.45) is 1.88. The first-order valence-electron chi connectivity index (χ1n) is 6.98. The number of hydrogen-bond donors (Lipinski definition) is 1. The van der Waals surface area contributed by atoms with E-state index < -0.39 is 0 Å². The van der Waals surface area contributed by atoms with Crippen molar-refractivity contribution in [2.45, 2.75) is 31.9 Å². The van der Waals surface area contributed by atoms with E-state index in [4.69, 9.17) is 10.5 Å². The molecule has 0 aromatic rings. The van der Waals surface area contributed by atoms with Crippen LogP contribution in [0.2, 0.25) is 0 Å². The van der Waals surface area contributed by atoms with Gasteiger partial charge in [-0.25, -0.2) is 0 Å². The molecule has 1 amide bonds. The number of rotatable bonds is 3. The summed E-state index contributed by atoms with van der Waals surface area (Å²) < 4.78 is 5.63. The maximum atomic E-state index is 12.6. The van der Waals surface area contributed by atoms with Crippen LogP contribution in [0.15, 0.2) is 0 Å². The van der Waals surface area contributed by atoms with Crippen molar-refractivity contribution in [3.8, 4) is 0 Å². The maximum Gasteiger partial charge on any atom is 0.228 e. The highest BCUT2D eigenvalue weighted by Gasteiger charge is 2.38. The van der Waals surface area contributed by atoms with Crippen molar-refractivity contribution < 1.29 is 9.53 Å². The normalized spacial score (nSPS) is 33.9. The first-order valence-corrected chi connectivity index (χ1v) is 6.98. The van der Waals surface area contributed by atoms with Crippen LogP contribution < -0.4 is 5.73 Å². The fraction of sp³-hybridized carbons (Fsp3) is 0.923. The van der Waals surface area contributed by atoms with Crippen molar-refractivity contribution in [3.05, 3.63) is 0 Å². The van der Waals surface area contributed by atoms with Crippen LogP contribution in [0.5, 0.6) is 0 Å².